The van der Waals surface area contributed by atoms with Crippen LogP contribution in [-0.2, 0) is 9.47 Å². The quantitative estimate of drug-likeness (QED) is 0.528. The fraction of sp³-hybridized carbons (Fsp3) is 0.579. The van der Waals surface area contributed by atoms with E-state index in [2.05, 4.69) is 14.9 Å². The van der Waals surface area contributed by atoms with Crippen LogP contribution >= 0.6 is 22.9 Å². The molecule has 0 N–H and O–H groups in total. The maximum atomic E-state index is 12.3. The average molecular weight is 441 g/mol. The topological polar surface area (TPSA) is 84.9 Å². The molecule has 29 heavy (non-hydrogen) atoms. The number of fused-ring (bicyclic) bond motifs is 1. The van der Waals surface area contributed by atoms with Gasteiger partial charge in [-0.05, 0) is 51.8 Å². The number of carbonyl (C=O) groups is 2. The Hall–Kier alpha value is -2.13. The van der Waals surface area contributed by atoms with Crippen LogP contribution in [0, 0.1) is 6.92 Å². The SMILES string of the molecule is CCOC(=O)c1sc2nc(Cl)nc(N3CCN(C(=O)OC(C)(C)C)CC3)c2c1C. The molecule has 3 heterocycles. The Kier molecular flexibility index (Phi) is 6.19. The van der Waals surface area contributed by atoms with E-state index < -0.39 is 5.60 Å². The van der Waals surface area contributed by atoms with Crippen LogP contribution in [-0.4, -0.2) is 65.3 Å². The van der Waals surface area contributed by atoms with Crippen LogP contribution < -0.4 is 4.90 Å². The van der Waals surface area contributed by atoms with Crippen LogP contribution in [0.4, 0.5) is 10.6 Å². The number of aryl methyl sites for hydroxylation is 1. The van der Waals surface area contributed by atoms with E-state index in [9.17, 15) is 9.59 Å². The minimum Gasteiger partial charge on any atom is -0.462 e. The van der Waals surface area contributed by atoms with E-state index in [1.165, 1.54) is 11.3 Å². The molecule has 0 unspecified atom stereocenters. The fourth-order valence-corrected chi connectivity index (χ4v) is 4.42. The lowest BCUT2D eigenvalue weighted by Gasteiger charge is -2.36. The number of carbonyl (C=O) groups excluding carboxylic acids is 2. The first-order valence-corrected chi connectivity index (χ1v) is 10.7. The van der Waals surface area contributed by atoms with E-state index in [1.54, 1.807) is 11.8 Å². The van der Waals surface area contributed by atoms with E-state index in [0.29, 0.717) is 48.3 Å². The van der Waals surface area contributed by atoms with Gasteiger partial charge in [0.25, 0.3) is 0 Å². The standard InChI is InChI=1S/C19H25ClN4O4S/c1-6-27-16(25)13-11(2)12-14(21-17(20)22-15(12)29-13)23-7-9-24(10-8-23)18(26)28-19(3,4)5/h6-10H2,1-5H3. The van der Waals surface area contributed by atoms with Crippen molar-refractivity contribution in [2.75, 3.05) is 37.7 Å². The zero-order valence-corrected chi connectivity index (χ0v) is 18.8. The van der Waals surface area contributed by atoms with Crippen molar-refractivity contribution >= 4 is 51.0 Å². The molecule has 1 amide bonds. The second-order valence-corrected chi connectivity index (χ2v) is 9.06. The minimum atomic E-state index is -0.530. The summed E-state index contributed by atoms with van der Waals surface area (Å²) in [6.07, 6.45) is -0.320. The van der Waals surface area contributed by atoms with Crippen molar-refractivity contribution in [1.29, 1.82) is 0 Å². The number of halogens is 1. The number of hydrogen-bond donors (Lipinski definition) is 0. The third kappa shape index (κ3) is 4.72. The smallest absolute Gasteiger partial charge is 0.410 e. The van der Waals surface area contributed by atoms with Crippen molar-refractivity contribution in [1.82, 2.24) is 14.9 Å². The first-order valence-electron chi connectivity index (χ1n) is 9.47. The largest absolute Gasteiger partial charge is 0.462 e. The van der Waals surface area contributed by atoms with Crippen molar-refractivity contribution in [3.63, 3.8) is 0 Å². The first kappa shape index (κ1) is 21.6. The van der Waals surface area contributed by atoms with E-state index in [1.807, 2.05) is 27.7 Å². The summed E-state index contributed by atoms with van der Waals surface area (Å²) in [5.41, 5.74) is 0.252. The molecule has 158 valence electrons. The van der Waals surface area contributed by atoms with E-state index in [-0.39, 0.29) is 17.3 Å². The number of piperazine rings is 1. The molecule has 3 rings (SSSR count). The fourth-order valence-electron chi connectivity index (χ4n) is 3.14. The van der Waals surface area contributed by atoms with Gasteiger partial charge < -0.3 is 19.3 Å². The summed E-state index contributed by atoms with van der Waals surface area (Å²) < 4.78 is 10.6. The zero-order valence-electron chi connectivity index (χ0n) is 17.2. The molecular formula is C19H25ClN4O4S. The number of amides is 1. The molecule has 8 nitrogen and oxygen atoms in total. The molecule has 0 aromatic carbocycles. The van der Waals surface area contributed by atoms with Gasteiger partial charge in [0.1, 0.15) is 21.1 Å². The van der Waals surface area contributed by atoms with Gasteiger partial charge in [-0.25, -0.2) is 14.6 Å². The minimum absolute atomic E-state index is 0.124. The molecule has 10 heteroatoms. The van der Waals surface area contributed by atoms with Gasteiger partial charge >= 0.3 is 12.1 Å². The predicted octanol–water partition coefficient (Wildman–Crippen LogP) is 3.89. The third-order valence-electron chi connectivity index (χ3n) is 4.44. The lowest BCUT2D eigenvalue weighted by Crippen LogP contribution is -2.50. The van der Waals surface area contributed by atoms with E-state index in [0.717, 1.165) is 10.9 Å². The van der Waals surface area contributed by atoms with E-state index in [4.69, 9.17) is 21.1 Å². The Balaban J connectivity index is 1.85. The summed E-state index contributed by atoms with van der Waals surface area (Å²) in [6.45, 7) is 11.6. The number of anilines is 1. The molecule has 0 bridgehead atoms. The van der Waals surface area contributed by atoms with Gasteiger partial charge in [0.05, 0.1) is 12.0 Å². The lowest BCUT2D eigenvalue weighted by molar-refractivity contribution is 0.0240. The molecular weight excluding hydrogens is 416 g/mol. The number of aromatic nitrogens is 2. The van der Waals surface area contributed by atoms with Crippen LogP contribution in [0.3, 0.4) is 0 Å². The molecule has 0 spiro atoms. The Bertz CT molecular complexity index is 932. The van der Waals surface area contributed by atoms with Crippen molar-refractivity contribution in [3.05, 3.63) is 15.7 Å². The highest BCUT2D eigenvalue weighted by molar-refractivity contribution is 7.20. The van der Waals surface area contributed by atoms with Crippen LogP contribution in [0.15, 0.2) is 0 Å². The van der Waals surface area contributed by atoms with Crippen LogP contribution in [0.2, 0.25) is 5.28 Å². The molecule has 1 aliphatic heterocycles. The molecule has 0 atom stereocenters. The maximum absolute atomic E-state index is 12.3. The lowest BCUT2D eigenvalue weighted by atomic mass is 10.2. The molecule has 0 saturated carbocycles. The Labute approximate surface area is 178 Å². The molecule has 1 fully saturated rings. The zero-order chi connectivity index (χ0) is 21.3. The Morgan fingerprint density at radius 3 is 2.41 bits per heavy atom. The van der Waals surface area contributed by atoms with Crippen molar-refractivity contribution in [3.8, 4) is 0 Å². The maximum Gasteiger partial charge on any atom is 0.410 e. The summed E-state index contributed by atoms with van der Waals surface area (Å²) in [6, 6.07) is 0. The average Bonchev–Trinajstić information content (AvgIpc) is 2.96. The van der Waals surface area contributed by atoms with Gasteiger partial charge in [-0.2, -0.15) is 4.98 Å². The Morgan fingerprint density at radius 1 is 1.17 bits per heavy atom. The van der Waals surface area contributed by atoms with Crippen molar-refractivity contribution in [2.45, 2.75) is 40.2 Å². The molecule has 2 aromatic heterocycles. The van der Waals surface area contributed by atoms with Crippen LogP contribution in [0.25, 0.3) is 10.2 Å². The van der Waals surface area contributed by atoms with Gasteiger partial charge in [0.15, 0.2) is 0 Å². The highest BCUT2D eigenvalue weighted by atomic mass is 35.5. The number of nitrogens with zero attached hydrogens (tertiary/aromatic N) is 4. The van der Waals surface area contributed by atoms with Gasteiger partial charge in [-0.15, -0.1) is 11.3 Å². The monoisotopic (exact) mass is 440 g/mol. The molecule has 2 aromatic rings. The first-order chi connectivity index (χ1) is 13.6. The summed E-state index contributed by atoms with van der Waals surface area (Å²) in [5.74, 6) is 0.304. The second kappa shape index (κ2) is 8.31. The van der Waals surface area contributed by atoms with Crippen LogP contribution in [0.5, 0.6) is 0 Å². The molecule has 0 aliphatic carbocycles. The van der Waals surface area contributed by atoms with E-state index >= 15 is 0 Å². The summed E-state index contributed by atoms with van der Waals surface area (Å²) in [4.78, 5) is 38.2. The number of ether oxygens (including phenoxy) is 2. The highest BCUT2D eigenvalue weighted by Crippen LogP contribution is 2.37. The van der Waals surface area contributed by atoms with Crippen molar-refractivity contribution < 1.29 is 19.1 Å². The van der Waals surface area contributed by atoms with Gasteiger partial charge in [-0.1, -0.05) is 0 Å². The molecule has 1 saturated heterocycles. The molecule has 1 aliphatic rings. The Morgan fingerprint density at radius 2 is 1.83 bits per heavy atom. The molecule has 0 radical (unpaired) electrons. The van der Waals surface area contributed by atoms with Gasteiger partial charge in [0.2, 0.25) is 5.28 Å². The predicted molar refractivity (Wildman–Crippen MR) is 113 cm³/mol. The van der Waals surface area contributed by atoms with Crippen LogP contribution in [0.1, 0.15) is 42.9 Å². The number of esters is 1. The summed E-state index contributed by atoms with van der Waals surface area (Å²) >= 11 is 7.41. The number of rotatable bonds is 3. The number of hydrogen-bond acceptors (Lipinski definition) is 8. The van der Waals surface area contributed by atoms with Crippen molar-refractivity contribution in [2.24, 2.45) is 0 Å². The highest BCUT2D eigenvalue weighted by Gasteiger charge is 2.29. The second-order valence-electron chi connectivity index (χ2n) is 7.73. The normalized spacial score (nSPS) is 15.0. The third-order valence-corrected chi connectivity index (χ3v) is 5.77. The summed E-state index contributed by atoms with van der Waals surface area (Å²) in [5, 5.41) is 0.923. The van der Waals surface area contributed by atoms with Gasteiger partial charge in [-0.3, -0.25) is 0 Å². The number of thiophene rings is 1. The van der Waals surface area contributed by atoms with Gasteiger partial charge in [0, 0.05) is 26.2 Å². The summed E-state index contributed by atoms with van der Waals surface area (Å²) in [7, 11) is 0.